The zero-order chi connectivity index (χ0) is 17.5. The molecule has 7 nitrogen and oxygen atoms in total. The number of rotatable bonds is 3. The Hall–Kier alpha value is -2.61. The Bertz CT molecular complexity index is 899. The number of fused-ring (bicyclic) bond motifs is 1. The minimum absolute atomic E-state index is 0.000458. The molecule has 3 aromatic rings. The normalized spacial score (nSPS) is 11.8. The Morgan fingerprint density at radius 2 is 2.17 bits per heavy atom. The topological polar surface area (TPSA) is 86.6 Å². The van der Waals surface area contributed by atoms with Gasteiger partial charge in [0.2, 0.25) is 0 Å². The third-order valence-corrected chi connectivity index (χ3v) is 4.59. The van der Waals surface area contributed by atoms with Crippen LogP contribution in [0.4, 0.5) is 4.79 Å². The third-order valence-electron chi connectivity index (χ3n) is 3.67. The van der Waals surface area contributed by atoms with Crippen molar-refractivity contribution in [2.75, 3.05) is 0 Å². The molecule has 0 aliphatic heterocycles. The second kappa shape index (κ2) is 5.79. The zero-order valence-electron chi connectivity index (χ0n) is 13.7. The number of amides is 1. The second-order valence-electron chi connectivity index (χ2n) is 6.50. The standard InChI is InChI=1S/C16H19N5O2S/c1-16(2,3)21(15(22)23)14(17)11-8-12(24-10-11)9-19-6-7-20-13(19)4-5-18-20/h4-8,10,17H,9H2,1-3H3,(H,22,23). The van der Waals surface area contributed by atoms with E-state index < -0.39 is 11.6 Å². The van der Waals surface area contributed by atoms with Crippen molar-refractivity contribution in [1.82, 2.24) is 19.1 Å². The molecule has 0 bridgehead atoms. The van der Waals surface area contributed by atoms with E-state index in [1.165, 1.54) is 11.3 Å². The van der Waals surface area contributed by atoms with E-state index in [-0.39, 0.29) is 5.84 Å². The molecule has 0 unspecified atom stereocenters. The maximum absolute atomic E-state index is 11.5. The molecule has 0 saturated carbocycles. The predicted octanol–water partition coefficient (Wildman–Crippen LogP) is 3.35. The van der Waals surface area contributed by atoms with Gasteiger partial charge in [-0.3, -0.25) is 10.3 Å². The summed E-state index contributed by atoms with van der Waals surface area (Å²) in [6.45, 7) is 5.99. The van der Waals surface area contributed by atoms with E-state index in [0.29, 0.717) is 12.1 Å². The van der Waals surface area contributed by atoms with Crippen LogP contribution < -0.4 is 0 Å². The number of hydrogen-bond acceptors (Lipinski definition) is 4. The number of carbonyl (C=O) groups is 1. The molecular weight excluding hydrogens is 326 g/mol. The summed E-state index contributed by atoms with van der Waals surface area (Å²) in [6.07, 6.45) is 4.46. The molecule has 0 aliphatic carbocycles. The van der Waals surface area contributed by atoms with Crippen molar-refractivity contribution in [3.8, 4) is 0 Å². The number of imidazole rings is 1. The molecule has 0 spiro atoms. The highest BCUT2D eigenvalue weighted by Crippen LogP contribution is 2.22. The maximum Gasteiger partial charge on any atom is 0.413 e. The summed E-state index contributed by atoms with van der Waals surface area (Å²) in [5, 5.41) is 23.7. The van der Waals surface area contributed by atoms with Gasteiger partial charge in [-0.25, -0.2) is 9.31 Å². The lowest BCUT2D eigenvalue weighted by Gasteiger charge is -2.32. The fourth-order valence-electron chi connectivity index (χ4n) is 2.61. The first-order chi connectivity index (χ1) is 11.3. The van der Waals surface area contributed by atoms with E-state index in [1.807, 2.05) is 29.9 Å². The Labute approximate surface area is 143 Å². The second-order valence-corrected chi connectivity index (χ2v) is 7.49. The van der Waals surface area contributed by atoms with Crippen LogP contribution >= 0.6 is 11.3 Å². The molecule has 2 N–H and O–H groups in total. The fraction of sp³-hybridized carbons (Fsp3) is 0.312. The highest BCUT2D eigenvalue weighted by Gasteiger charge is 2.31. The van der Waals surface area contributed by atoms with Gasteiger partial charge in [0.1, 0.15) is 11.5 Å². The summed E-state index contributed by atoms with van der Waals surface area (Å²) in [5.74, 6) is -0.000458. The Morgan fingerprint density at radius 1 is 1.42 bits per heavy atom. The van der Waals surface area contributed by atoms with Crippen molar-refractivity contribution in [2.24, 2.45) is 0 Å². The van der Waals surface area contributed by atoms with Crippen molar-refractivity contribution >= 4 is 28.9 Å². The lowest BCUT2D eigenvalue weighted by molar-refractivity contribution is 0.140. The number of carboxylic acid groups (broad SMARTS) is 1. The quantitative estimate of drug-likeness (QED) is 0.564. The van der Waals surface area contributed by atoms with Gasteiger partial charge in [0.05, 0.1) is 12.7 Å². The first-order valence-corrected chi connectivity index (χ1v) is 8.33. The van der Waals surface area contributed by atoms with Crippen LogP contribution in [-0.2, 0) is 6.54 Å². The van der Waals surface area contributed by atoms with E-state index in [0.717, 1.165) is 15.4 Å². The van der Waals surface area contributed by atoms with Gasteiger partial charge in [0, 0.05) is 39.8 Å². The van der Waals surface area contributed by atoms with Gasteiger partial charge in [-0.15, -0.1) is 11.3 Å². The third kappa shape index (κ3) is 2.92. The molecule has 1 amide bonds. The minimum Gasteiger partial charge on any atom is -0.465 e. The van der Waals surface area contributed by atoms with Crippen molar-refractivity contribution in [2.45, 2.75) is 32.9 Å². The number of amidine groups is 1. The Kier molecular flexibility index (Phi) is 3.92. The molecule has 0 radical (unpaired) electrons. The number of aromatic nitrogens is 3. The lowest BCUT2D eigenvalue weighted by Crippen LogP contribution is -2.48. The molecule has 3 aromatic heterocycles. The minimum atomic E-state index is -1.12. The van der Waals surface area contributed by atoms with Crippen LogP contribution in [-0.4, -0.2) is 41.7 Å². The van der Waals surface area contributed by atoms with Crippen LogP contribution in [0.25, 0.3) is 5.65 Å². The van der Waals surface area contributed by atoms with Crippen LogP contribution in [0.2, 0.25) is 0 Å². The van der Waals surface area contributed by atoms with Gasteiger partial charge in [-0.05, 0) is 26.8 Å². The lowest BCUT2D eigenvalue weighted by atomic mass is 10.1. The van der Waals surface area contributed by atoms with E-state index in [2.05, 4.69) is 9.67 Å². The van der Waals surface area contributed by atoms with Crippen LogP contribution in [0.1, 0.15) is 31.2 Å². The summed E-state index contributed by atoms with van der Waals surface area (Å²) in [4.78, 5) is 13.7. The number of thiophene rings is 1. The SMILES string of the molecule is CC(C)(C)N(C(=N)c1csc(Cn2ccn3nccc23)c1)C(=O)O. The first-order valence-electron chi connectivity index (χ1n) is 7.45. The average Bonchev–Trinajstić information content (AvgIpc) is 3.15. The maximum atomic E-state index is 11.5. The molecule has 0 atom stereocenters. The van der Waals surface area contributed by atoms with Gasteiger partial charge >= 0.3 is 6.09 Å². The van der Waals surface area contributed by atoms with Crippen molar-refractivity contribution in [3.63, 3.8) is 0 Å². The summed E-state index contributed by atoms with van der Waals surface area (Å²) in [5.41, 5.74) is 0.931. The van der Waals surface area contributed by atoms with Gasteiger partial charge in [0.25, 0.3) is 0 Å². The summed E-state index contributed by atoms with van der Waals surface area (Å²) < 4.78 is 3.85. The molecular formula is C16H19N5O2S. The Morgan fingerprint density at radius 3 is 2.83 bits per heavy atom. The van der Waals surface area contributed by atoms with Crippen molar-refractivity contribution in [3.05, 3.63) is 46.5 Å². The van der Waals surface area contributed by atoms with Crippen LogP contribution in [0.5, 0.6) is 0 Å². The molecule has 126 valence electrons. The van der Waals surface area contributed by atoms with Crippen molar-refractivity contribution < 1.29 is 9.90 Å². The molecule has 3 heterocycles. The van der Waals surface area contributed by atoms with Crippen molar-refractivity contribution in [1.29, 1.82) is 5.41 Å². The zero-order valence-corrected chi connectivity index (χ0v) is 14.5. The smallest absolute Gasteiger partial charge is 0.413 e. The summed E-state index contributed by atoms with van der Waals surface area (Å²) >= 11 is 1.52. The van der Waals surface area contributed by atoms with E-state index in [4.69, 9.17) is 5.41 Å². The van der Waals surface area contributed by atoms with Gasteiger partial charge in [-0.2, -0.15) is 5.10 Å². The largest absolute Gasteiger partial charge is 0.465 e. The fourth-order valence-corrected chi connectivity index (χ4v) is 3.47. The van der Waals surface area contributed by atoms with E-state index >= 15 is 0 Å². The highest BCUT2D eigenvalue weighted by molar-refractivity contribution is 7.10. The summed E-state index contributed by atoms with van der Waals surface area (Å²) in [7, 11) is 0. The first kappa shape index (κ1) is 16.3. The number of hydrogen-bond donors (Lipinski definition) is 2. The molecule has 0 fully saturated rings. The number of nitrogens with one attached hydrogen (secondary N) is 1. The van der Waals surface area contributed by atoms with Crippen LogP contribution in [0.3, 0.4) is 0 Å². The molecule has 24 heavy (non-hydrogen) atoms. The molecule has 0 saturated heterocycles. The summed E-state index contributed by atoms with van der Waals surface area (Å²) in [6, 6.07) is 3.81. The average molecular weight is 345 g/mol. The van der Waals surface area contributed by atoms with Crippen LogP contribution in [0.15, 0.2) is 36.1 Å². The molecule has 3 rings (SSSR count). The van der Waals surface area contributed by atoms with Gasteiger partial charge < -0.3 is 9.67 Å². The monoisotopic (exact) mass is 345 g/mol. The number of nitrogens with zero attached hydrogens (tertiary/aromatic N) is 4. The van der Waals surface area contributed by atoms with Gasteiger partial charge in [-0.1, -0.05) is 0 Å². The highest BCUT2D eigenvalue weighted by atomic mass is 32.1. The van der Waals surface area contributed by atoms with Gasteiger partial charge in [0.15, 0.2) is 0 Å². The van der Waals surface area contributed by atoms with E-state index in [1.54, 1.807) is 31.5 Å². The molecule has 0 aliphatic rings. The molecule has 8 heteroatoms. The molecule has 0 aromatic carbocycles. The Balaban J connectivity index is 1.83. The van der Waals surface area contributed by atoms with Crippen LogP contribution in [0, 0.1) is 5.41 Å². The van der Waals surface area contributed by atoms with E-state index in [9.17, 15) is 9.90 Å². The predicted molar refractivity (Wildman–Crippen MR) is 93.0 cm³/mol.